The SMILES string of the molecule is c1ccc(Nc2ccc3nc4ccc(Nc5ccc6nc7ccc(Nc8ccc9nc%10ccc(Nc%11ccccc%11)cc%10[n+](-c%10ccccc%10)c9c8)cc7[n+](-c7ccccc7)c6c5)cc4[n+](-c4ccccc4)c3c2)cc1. The molecule has 11 aromatic carbocycles. The maximum absolute atomic E-state index is 5.25. The smallest absolute Gasteiger partial charge is 0.239 e. The molecule has 0 spiro atoms. The van der Waals surface area contributed by atoms with Gasteiger partial charge in [-0.3, -0.25) is 0 Å². The molecule has 0 radical (unpaired) electrons. The fourth-order valence-corrected chi connectivity index (χ4v) is 10.3. The molecule has 3 heterocycles. The molecule has 76 heavy (non-hydrogen) atoms. The van der Waals surface area contributed by atoms with Crippen LogP contribution < -0.4 is 35.0 Å². The number of nitrogens with zero attached hydrogens (tertiary/aromatic N) is 6. The fraction of sp³-hybridized carbons (Fsp3) is 0. The predicted molar refractivity (Wildman–Crippen MR) is 308 cm³/mol. The molecule has 10 nitrogen and oxygen atoms in total. The summed E-state index contributed by atoms with van der Waals surface area (Å²) in [5.74, 6) is 0. The zero-order valence-electron chi connectivity index (χ0n) is 41.0. The van der Waals surface area contributed by atoms with Crippen LogP contribution in [-0.4, -0.2) is 15.0 Å². The van der Waals surface area contributed by atoms with Crippen LogP contribution in [0.4, 0.5) is 45.5 Å². The largest absolute Gasteiger partial charge is 0.355 e. The van der Waals surface area contributed by atoms with Gasteiger partial charge >= 0.3 is 0 Å². The molecule has 0 amide bonds. The molecule has 0 saturated heterocycles. The third-order valence-corrected chi connectivity index (χ3v) is 13.8. The van der Waals surface area contributed by atoms with Crippen LogP contribution >= 0.6 is 0 Å². The zero-order chi connectivity index (χ0) is 50.4. The van der Waals surface area contributed by atoms with E-state index in [9.17, 15) is 0 Å². The first-order valence-corrected chi connectivity index (χ1v) is 25.3. The van der Waals surface area contributed by atoms with E-state index in [4.69, 9.17) is 15.0 Å². The fourth-order valence-electron chi connectivity index (χ4n) is 10.3. The Labute approximate surface area is 437 Å². The van der Waals surface area contributed by atoms with Crippen LogP contribution in [0.25, 0.3) is 83.3 Å². The highest BCUT2D eigenvalue weighted by atomic mass is 15.0. The molecule has 0 aliphatic heterocycles. The summed E-state index contributed by atoms with van der Waals surface area (Å²) in [6.07, 6.45) is 0. The molecule has 0 bridgehead atoms. The quantitative estimate of drug-likeness (QED) is 0.0757. The van der Waals surface area contributed by atoms with Crippen LogP contribution in [0.5, 0.6) is 0 Å². The number of hydrogen-bond donors (Lipinski definition) is 4. The topological polar surface area (TPSA) is 98.4 Å². The third-order valence-electron chi connectivity index (χ3n) is 13.8. The Balaban J connectivity index is 0.848. The lowest BCUT2D eigenvalue weighted by Gasteiger charge is -2.12. The van der Waals surface area contributed by atoms with E-state index in [1.54, 1.807) is 0 Å². The lowest BCUT2D eigenvalue weighted by atomic mass is 10.1. The monoisotopic (exact) mass is 979 g/mol. The van der Waals surface area contributed by atoms with Gasteiger partial charge in [0.15, 0.2) is 0 Å². The van der Waals surface area contributed by atoms with Crippen molar-refractivity contribution in [2.75, 3.05) is 21.3 Å². The van der Waals surface area contributed by atoms with E-state index in [0.29, 0.717) is 0 Å². The summed E-state index contributed by atoms with van der Waals surface area (Å²) in [4.78, 5) is 15.6. The summed E-state index contributed by atoms with van der Waals surface area (Å²) in [7, 11) is 0. The Morgan fingerprint density at radius 3 is 0.618 bits per heavy atom. The number of aromatic nitrogens is 6. The van der Waals surface area contributed by atoms with E-state index in [2.05, 4.69) is 247 Å². The van der Waals surface area contributed by atoms with Crippen molar-refractivity contribution in [1.29, 1.82) is 0 Å². The van der Waals surface area contributed by atoms with Gasteiger partial charge in [-0.25, -0.2) is 15.0 Å². The highest BCUT2D eigenvalue weighted by Gasteiger charge is 2.25. The first kappa shape index (κ1) is 44.1. The van der Waals surface area contributed by atoms with Gasteiger partial charge in [0, 0.05) is 118 Å². The molecule has 0 aliphatic carbocycles. The summed E-state index contributed by atoms with van der Waals surface area (Å²) in [6, 6.07) is 90.2. The number of benzene rings is 11. The van der Waals surface area contributed by atoms with Crippen molar-refractivity contribution in [1.82, 2.24) is 15.0 Å². The van der Waals surface area contributed by atoms with Crippen molar-refractivity contribution in [2.24, 2.45) is 0 Å². The van der Waals surface area contributed by atoms with E-state index < -0.39 is 0 Å². The summed E-state index contributed by atoms with van der Waals surface area (Å²) in [5, 5.41) is 14.7. The summed E-state index contributed by atoms with van der Waals surface area (Å²) in [6.45, 7) is 0. The molecule has 14 aromatic rings. The summed E-state index contributed by atoms with van der Waals surface area (Å²) >= 11 is 0. The number of fused-ring (bicyclic) bond motifs is 6. The molecular weight excluding hydrogens is 933 g/mol. The lowest BCUT2D eigenvalue weighted by molar-refractivity contribution is -0.538. The number of rotatable bonds is 11. The van der Waals surface area contributed by atoms with Gasteiger partial charge in [0.05, 0.1) is 0 Å². The minimum absolute atomic E-state index is 0.875. The zero-order valence-corrected chi connectivity index (χ0v) is 41.0. The highest BCUT2D eigenvalue weighted by molar-refractivity contribution is 5.91. The van der Waals surface area contributed by atoms with Crippen molar-refractivity contribution in [3.63, 3.8) is 0 Å². The molecule has 0 aliphatic rings. The first-order valence-electron chi connectivity index (χ1n) is 25.3. The van der Waals surface area contributed by atoms with E-state index in [0.717, 1.165) is 129 Å². The van der Waals surface area contributed by atoms with Gasteiger partial charge in [-0.05, 0) is 97.1 Å². The van der Waals surface area contributed by atoms with E-state index >= 15 is 0 Å². The molecule has 0 fully saturated rings. The Morgan fingerprint density at radius 2 is 0.395 bits per heavy atom. The summed E-state index contributed by atoms with van der Waals surface area (Å²) in [5.41, 5.74) is 22.0. The third kappa shape index (κ3) is 8.41. The Hall–Kier alpha value is -10.6. The second kappa shape index (κ2) is 18.8. The van der Waals surface area contributed by atoms with Crippen molar-refractivity contribution in [3.8, 4) is 17.1 Å². The normalized spacial score (nSPS) is 11.4. The average Bonchev–Trinajstić information content (AvgIpc) is 3.47. The van der Waals surface area contributed by atoms with Gasteiger partial charge in [0.1, 0.15) is 33.1 Å². The van der Waals surface area contributed by atoms with E-state index in [1.165, 1.54) is 0 Å². The van der Waals surface area contributed by atoms with Gasteiger partial charge in [-0.15, -0.1) is 13.7 Å². The van der Waals surface area contributed by atoms with Crippen LogP contribution in [0.15, 0.2) is 261 Å². The van der Waals surface area contributed by atoms with Crippen molar-refractivity contribution >= 4 is 112 Å². The van der Waals surface area contributed by atoms with Crippen LogP contribution in [0.1, 0.15) is 0 Å². The molecule has 0 unspecified atom stereocenters. The molecule has 14 rings (SSSR count). The maximum Gasteiger partial charge on any atom is 0.239 e. The molecule has 3 aromatic heterocycles. The van der Waals surface area contributed by atoms with Crippen LogP contribution in [0.3, 0.4) is 0 Å². The van der Waals surface area contributed by atoms with Gasteiger partial charge in [-0.1, -0.05) is 91.0 Å². The van der Waals surface area contributed by atoms with Crippen molar-refractivity contribution in [3.05, 3.63) is 261 Å². The van der Waals surface area contributed by atoms with Crippen LogP contribution in [0, 0.1) is 0 Å². The van der Waals surface area contributed by atoms with Gasteiger partial charge in [-0.2, -0.15) is 0 Å². The maximum atomic E-state index is 5.25. The molecule has 358 valence electrons. The second-order valence-electron chi connectivity index (χ2n) is 18.8. The van der Waals surface area contributed by atoms with Crippen molar-refractivity contribution in [2.45, 2.75) is 0 Å². The van der Waals surface area contributed by atoms with E-state index in [-0.39, 0.29) is 0 Å². The van der Waals surface area contributed by atoms with E-state index in [1.807, 2.05) is 48.5 Å². The average molecular weight is 980 g/mol. The standard InChI is InChI=1S/C66H44N10/c1-6-16-44(17-7-1)67-46-26-32-55-61(38-46)74(52-20-10-3-11-21-52)63-40-48(28-34-57(63)71-55)69-50-30-36-59-65(42-50)76(54-24-14-5-15-25-54)66-43-51(31-37-60(66)73-59)70-49-29-35-58-64(41-49)75(53-22-12-4-13-23-53)62-39-47(27-33-56(62)72-58)68-45-18-8-2-9-19-45/h1-43H,(H,67,68,69,70)/p+3. The minimum atomic E-state index is 0.875. The molecule has 10 heteroatoms. The van der Waals surface area contributed by atoms with Crippen LogP contribution in [-0.2, 0) is 0 Å². The lowest BCUT2D eigenvalue weighted by Crippen LogP contribution is -2.33. The summed E-state index contributed by atoms with van der Waals surface area (Å²) < 4.78 is 6.89. The first-order chi connectivity index (χ1) is 37.6. The second-order valence-corrected chi connectivity index (χ2v) is 18.8. The molecule has 0 saturated carbocycles. The highest BCUT2D eigenvalue weighted by Crippen LogP contribution is 2.31. The van der Waals surface area contributed by atoms with Crippen LogP contribution in [0.2, 0.25) is 0 Å². The Morgan fingerprint density at radius 1 is 0.197 bits per heavy atom. The number of para-hydroxylation sites is 5. The van der Waals surface area contributed by atoms with Gasteiger partial charge in [0.25, 0.3) is 0 Å². The van der Waals surface area contributed by atoms with Gasteiger partial charge in [0.2, 0.25) is 50.2 Å². The minimum Gasteiger partial charge on any atom is -0.355 e. The number of anilines is 8. The molecular formula is C66H47N10+3. The molecule has 0 atom stereocenters. The Bertz CT molecular complexity index is 4240. The molecule has 4 N–H and O–H groups in total. The van der Waals surface area contributed by atoms with Gasteiger partial charge < -0.3 is 21.3 Å². The number of hydrogen-bond acceptors (Lipinski definition) is 7. The number of nitrogens with one attached hydrogen (secondary N) is 4. The predicted octanol–water partition coefficient (Wildman–Crippen LogP) is 14.6. The van der Waals surface area contributed by atoms with Crippen molar-refractivity contribution < 1.29 is 13.7 Å². The Kier molecular flexibility index (Phi) is 10.9.